The van der Waals surface area contributed by atoms with Gasteiger partial charge in [-0.25, -0.2) is 9.98 Å². The van der Waals surface area contributed by atoms with Crippen molar-refractivity contribution in [2.45, 2.75) is 6.17 Å². The minimum atomic E-state index is -0.455. The molecule has 0 amide bonds. The molecule has 3 heterocycles. The molecule has 280 valence electrons. The van der Waals surface area contributed by atoms with E-state index in [1.807, 2.05) is 6.07 Å². The molecule has 0 bridgehead atoms. The number of nitrogens with zero attached hydrogens (tertiary/aromatic N) is 3. The van der Waals surface area contributed by atoms with E-state index in [1.54, 1.807) is 0 Å². The lowest BCUT2D eigenvalue weighted by atomic mass is 9.95. The number of hydrogen-bond acceptors (Lipinski definition) is 4. The molecule has 1 aliphatic rings. The Bertz CT molecular complexity index is 3820. The van der Waals surface area contributed by atoms with Crippen molar-refractivity contribution in [3.05, 3.63) is 211 Å². The van der Waals surface area contributed by atoms with Crippen LogP contribution in [0.1, 0.15) is 22.9 Å². The Morgan fingerprint density at radius 3 is 1.93 bits per heavy atom. The van der Waals surface area contributed by atoms with E-state index in [1.165, 1.54) is 37.7 Å². The van der Waals surface area contributed by atoms with E-state index < -0.39 is 6.17 Å². The maximum atomic E-state index is 6.85. The Hall–Kier alpha value is -8.02. The van der Waals surface area contributed by atoms with Crippen molar-refractivity contribution >= 4 is 98.5 Å². The molecular weight excluding hydrogens is 733 g/mol. The lowest BCUT2D eigenvalue weighted by molar-refractivity contribution is 0.661. The van der Waals surface area contributed by atoms with E-state index in [0.29, 0.717) is 11.7 Å². The minimum Gasteiger partial charge on any atom is -0.455 e. The van der Waals surface area contributed by atoms with Crippen molar-refractivity contribution in [1.29, 1.82) is 0 Å². The van der Waals surface area contributed by atoms with Gasteiger partial charge in [-0.3, -0.25) is 0 Å². The molecule has 0 fully saturated rings. The first-order valence-corrected chi connectivity index (χ1v) is 20.4. The molecule has 5 nitrogen and oxygen atoms in total. The zero-order valence-electron chi connectivity index (χ0n) is 32.3. The molecule has 13 rings (SSSR count). The van der Waals surface area contributed by atoms with E-state index in [9.17, 15) is 0 Å². The molecule has 60 heavy (non-hydrogen) atoms. The first-order valence-electron chi connectivity index (χ1n) is 20.4. The molecule has 2 aromatic heterocycles. The third-order valence-electron chi connectivity index (χ3n) is 12.4. The van der Waals surface area contributed by atoms with Crippen LogP contribution in [0.2, 0.25) is 0 Å². The largest absolute Gasteiger partial charge is 0.455 e. The second-order valence-electron chi connectivity index (χ2n) is 15.8. The predicted molar refractivity (Wildman–Crippen MR) is 250 cm³/mol. The lowest BCUT2D eigenvalue weighted by Gasteiger charge is -2.26. The Morgan fingerprint density at radius 2 is 1.08 bits per heavy atom. The van der Waals surface area contributed by atoms with Gasteiger partial charge in [0, 0.05) is 38.4 Å². The molecule has 1 unspecified atom stereocenters. The summed E-state index contributed by atoms with van der Waals surface area (Å²) >= 11 is 0. The molecular formula is C55H34N4O. The quantitative estimate of drug-likeness (QED) is 0.181. The zero-order chi connectivity index (χ0) is 39.3. The number of benzene rings is 10. The average Bonchev–Trinajstić information content (AvgIpc) is 3.85. The van der Waals surface area contributed by atoms with Crippen LogP contribution in [0.25, 0.3) is 92.5 Å². The van der Waals surface area contributed by atoms with Gasteiger partial charge in [0.05, 0.1) is 16.6 Å². The van der Waals surface area contributed by atoms with Crippen LogP contribution < -0.4 is 5.32 Å². The summed E-state index contributed by atoms with van der Waals surface area (Å²) in [5.74, 6) is 1.37. The summed E-state index contributed by atoms with van der Waals surface area (Å²) in [6.45, 7) is 0. The maximum Gasteiger partial charge on any atom is 0.160 e. The highest BCUT2D eigenvalue weighted by atomic mass is 16.3. The zero-order valence-corrected chi connectivity index (χ0v) is 32.3. The Balaban J connectivity index is 1.11. The standard InChI is InChI=1S/C55H34N4O/c1-2-16-35-30-50-45(28-34(35)15-1)42-23-9-11-26-49(42)59(50)37-31-46-43-24-10-12-27-51(43)60-52(46)48(32-37)55-57-53(44-25-13-18-33-14-3-5-19-38(33)44)56-54(58-55)47-29-36-17-4-6-20-39(36)40-21-7-8-22-41(40)47/h1-32,54H,(H,56,57,58). The molecule has 0 spiro atoms. The molecule has 1 N–H and O–H groups in total. The number of hydrogen-bond donors (Lipinski definition) is 1. The van der Waals surface area contributed by atoms with Gasteiger partial charge in [0.25, 0.3) is 0 Å². The number of nitrogens with one attached hydrogen (secondary N) is 1. The van der Waals surface area contributed by atoms with Crippen molar-refractivity contribution in [2.24, 2.45) is 9.98 Å². The SMILES string of the molecule is c1ccc2cc3c(cc2c1)c1ccccc1n3-c1cc(C2=NC(c3cccc4ccccc34)=NC(c3cc4ccccc4c4ccccc34)N2)c2oc3ccccc3c2c1. The van der Waals surface area contributed by atoms with Crippen molar-refractivity contribution in [3.8, 4) is 5.69 Å². The summed E-state index contributed by atoms with van der Waals surface area (Å²) in [6.07, 6.45) is -0.455. The van der Waals surface area contributed by atoms with Crippen molar-refractivity contribution < 1.29 is 4.42 Å². The fraction of sp³-hybridized carbons (Fsp3) is 0.0182. The van der Waals surface area contributed by atoms with Gasteiger partial charge in [0.2, 0.25) is 0 Å². The summed E-state index contributed by atoms with van der Waals surface area (Å²) in [4.78, 5) is 11.0. The summed E-state index contributed by atoms with van der Waals surface area (Å²) in [5.41, 5.74) is 7.84. The summed E-state index contributed by atoms with van der Waals surface area (Å²) in [6, 6.07) is 69.2. The van der Waals surface area contributed by atoms with Gasteiger partial charge in [0.1, 0.15) is 23.2 Å². The van der Waals surface area contributed by atoms with E-state index in [-0.39, 0.29) is 0 Å². The third-order valence-corrected chi connectivity index (χ3v) is 12.4. The van der Waals surface area contributed by atoms with E-state index in [2.05, 4.69) is 198 Å². The highest BCUT2D eigenvalue weighted by Gasteiger charge is 2.28. The van der Waals surface area contributed by atoms with Crippen LogP contribution >= 0.6 is 0 Å². The van der Waals surface area contributed by atoms with Crippen LogP contribution in [-0.2, 0) is 0 Å². The van der Waals surface area contributed by atoms with Crippen molar-refractivity contribution in [2.75, 3.05) is 0 Å². The topological polar surface area (TPSA) is 54.8 Å². The fourth-order valence-electron chi connectivity index (χ4n) is 9.65. The normalized spacial score (nSPS) is 14.5. The molecule has 1 aliphatic heterocycles. The van der Waals surface area contributed by atoms with E-state index in [0.717, 1.165) is 71.5 Å². The van der Waals surface area contributed by atoms with Gasteiger partial charge >= 0.3 is 0 Å². The van der Waals surface area contributed by atoms with Gasteiger partial charge in [-0.05, 0) is 85.6 Å². The monoisotopic (exact) mass is 766 g/mol. The second-order valence-corrected chi connectivity index (χ2v) is 15.8. The van der Waals surface area contributed by atoms with Gasteiger partial charge in [-0.2, -0.15) is 0 Å². The second kappa shape index (κ2) is 12.7. The molecule has 0 saturated carbocycles. The highest BCUT2D eigenvalue weighted by molar-refractivity contribution is 6.23. The van der Waals surface area contributed by atoms with E-state index >= 15 is 0 Å². The number of amidine groups is 2. The number of para-hydroxylation sites is 2. The molecule has 5 heteroatoms. The molecule has 0 aliphatic carbocycles. The highest BCUT2D eigenvalue weighted by Crippen LogP contribution is 2.40. The minimum absolute atomic E-state index is 0.455. The summed E-state index contributed by atoms with van der Waals surface area (Å²) in [5, 5.41) is 17.8. The third kappa shape index (κ3) is 4.93. The molecule has 12 aromatic rings. The first kappa shape index (κ1) is 33.0. The fourth-order valence-corrected chi connectivity index (χ4v) is 9.65. The molecule has 0 saturated heterocycles. The summed E-state index contributed by atoms with van der Waals surface area (Å²) < 4.78 is 9.25. The van der Waals surface area contributed by atoms with Crippen LogP contribution in [-0.4, -0.2) is 16.2 Å². The van der Waals surface area contributed by atoms with Gasteiger partial charge in [-0.15, -0.1) is 0 Å². The number of furan rings is 1. The first-order chi connectivity index (χ1) is 29.7. The van der Waals surface area contributed by atoms with Crippen LogP contribution in [0.15, 0.2) is 209 Å². The Labute approximate surface area is 344 Å². The molecule has 1 atom stereocenters. The van der Waals surface area contributed by atoms with Crippen molar-refractivity contribution in [1.82, 2.24) is 9.88 Å². The van der Waals surface area contributed by atoms with Gasteiger partial charge < -0.3 is 14.3 Å². The number of aromatic nitrogens is 1. The van der Waals surface area contributed by atoms with Crippen LogP contribution in [0.3, 0.4) is 0 Å². The lowest BCUT2D eigenvalue weighted by Crippen LogP contribution is -2.34. The smallest absolute Gasteiger partial charge is 0.160 e. The number of rotatable bonds is 4. The Morgan fingerprint density at radius 1 is 0.433 bits per heavy atom. The van der Waals surface area contributed by atoms with Gasteiger partial charge in [-0.1, -0.05) is 152 Å². The number of fused-ring (bicyclic) bond motifs is 11. The van der Waals surface area contributed by atoms with Crippen molar-refractivity contribution in [3.63, 3.8) is 0 Å². The number of aliphatic imine (C=N–C) groups is 2. The molecule has 0 radical (unpaired) electrons. The molecule has 10 aromatic carbocycles. The van der Waals surface area contributed by atoms with Gasteiger partial charge in [0.15, 0.2) is 5.84 Å². The predicted octanol–water partition coefficient (Wildman–Crippen LogP) is 13.8. The van der Waals surface area contributed by atoms with Crippen LogP contribution in [0, 0.1) is 0 Å². The van der Waals surface area contributed by atoms with Crippen LogP contribution in [0.4, 0.5) is 0 Å². The maximum absolute atomic E-state index is 6.85. The van der Waals surface area contributed by atoms with E-state index in [4.69, 9.17) is 14.4 Å². The Kier molecular flexibility index (Phi) is 7.01. The summed E-state index contributed by atoms with van der Waals surface area (Å²) in [7, 11) is 0. The average molecular weight is 767 g/mol. The van der Waals surface area contributed by atoms with Crippen LogP contribution in [0.5, 0.6) is 0 Å².